The standard InChI is InChI=1S/C21H14ClFN2O2S/c1-12-16(22)6-3-7-17(12)24-21-25-20(26)19(28-21)11-15-8-9-18(27-15)13-4-2-5-14(23)10-13/h2-11H,1H3,(H,24,25,26)/b19-11-. The average molecular weight is 413 g/mol. The van der Waals surface area contributed by atoms with E-state index in [0.29, 0.717) is 37.9 Å². The summed E-state index contributed by atoms with van der Waals surface area (Å²) in [5.74, 6) is 0.430. The number of benzene rings is 2. The number of nitrogens with zero attached hydrogens (tertiary/aromatic N) is 1. The molecular formula is C21H14ClFN2O2S. The number of carbonyl (C=O) groups excluding carboxylic acids is 1. The van der Waals surface area contributed by atoms with Crippen LogP contribution >= 0.6 is 23.4 Å². The van der Waals surface area contributed by atoms with Crippen molar-refractivity contribution >= 4 is 46.2 Å². The molecule has 0 spiro atoms. The Morgan fingerprint density at radius 1 is 1.18 bits per heavy atom. The summed E-state index contributed by atoms with van der Waals surface area (Å²) in [6.07, 6.45) is 1.64. The number of hydrogen-bond acceptors (Lipinski definition) is 4. The Kier molecular flexibility index (Phi) is 5.07. The monoisotopic (exact) mass is 412 g/mol. The Labute approximate surface area is 170 Å². The summed E-state index contributed by atoms with van der Waals surface area (Å²) in [5, 5.41) is 3.83. The summed E-state index contributed by atoms with van der Waals surface area (Å²) >= 11 is 7.33. The van der Waals surface area contributed by atoms with Crippen LogP contribution in [0.3, 0.4) is 0 Å². The largest absolute Gasteiger partial charge is 0.457 e. The molecule has 7 heteroatoms. The number of amides is 1. The topological polar surface area (TPSA) is 54.6 Å². The van der Waals surface area contributed by atoms with Gasteiger partial charge in [0.25, 0.3) is 5.91 Å². The molecule has 0 unspecified atom stereocenters. The minimum Gasteiger partial charge on any atom is -0.457 e. The predicted molar refractivity (Wildman–Crippen MR) is 111 cm³/mol. The highest BCUT2D eigenvalue weighted by Crippen LogP contribution is 2.32. The number of hydrogen-bond donors (Lipinski definition) is 1. The van der Waals surface area contributed by atoms with Gasteiger partial charge in [0.2, 0.25) is 0 Å². The van der Waals surface area contributed by atoms with Crippen LogP contribution in [0.15, 0.2) is 68.9 Å². The van der Waals surface area contributed by atoms with Crippen LogP contribution in [-0.2, 0) is 4.79 Å². The summed E-state index contributed by atoms with van der Waals surface area (Å²) in [7, 11) is 0. The lowest BCUT2D eigenvalue weighted by Crippen LogP contribution is -2.19. The zero-order valence-electron chi connectivity index (χ0n) is 14.7. The van der Waals surface area contributed by atoms with Crippen molar-refractivity contribution in [1.82, 2.24) is 5.32 Å². The highest BCUT2D eigenvalue weighted by atomic mass is 35.5. The fourth-order valence-corrected chi connectivity index (χ4v) is 3.65. The summed E-state index contributed by atoms with van der Waals surface area (Å²) < 4.78 is 19.1. The van der Waals surface area contributed by atoms with E-state index >= 15 is 0 Å². The first-order chi connectivity index (χ1) is 13.5. The maximum atomic E-state index is 13.4. The van der Waals surface area contributed by atoms with Crippen molar-refractivity contribution in [2.75, 3.05) is 0 Å². The van der Waals surface area contributed by atoms with Crippen molar-refractivity contribution in [2.24, 2.45) is 4.99 Å². The molecule has 0 aliphatic carbocycles. The lowest BCUT2D eigenvalue weighted by molar-refractivity contribution is -0.115. The van der Waals surface area contributed by atoms with Crippen LogP contribution < -0.4 is 5.32 Å². The molecule has 2 heterocycles. The van der Waals surface area contributed by atoms with E-state index in [1.165, 1.54) is 23.9 Å². The quantitative estimate of drug-likeness (QED) is 0.541. The Hall–Kier alpha value is -2.83. The molecule has 0 bridgehead atoms. The van der Waals surface area contributed by atoms with Crippen LogP contribution in [-0.4, -0.2) is 11.1 Å². The number of thioether (sulfide) groups is 1. The fraction of sp³-hybridized carbons (Fsp3) is 0.0476. The van der Waals surface area contributed by atoms with Gasteiger partial charge in [-0.3, -0.25) is 4.79 Å². The van der Waals surface area contributed by atoms with E-state index in [0.717, 1.165) is 5.56 Å². The molecule has 1 aromatic heterocycles. The zero-order chi connectivity index (χ0) is 19.7. The van der Waals surface area contributed by atoms with Gasteiger partial charge in [-0.05, 0) is 60.6 Å². The van der Waals surface area contributed by atoms with Gasteiger partial charge in [-0.1, -0.05) is 29.8 Å². The lowest BCUT2D eigenvalue weighted by atomic mass is 10.2. The molecule has 4 rings (SSSR count). The third kappa shape index (κ3) is 3.88. The Morgan fingerprint density at radius 2 is 2.00 bits per heavy atom. The second-order valence-electron chi connectivity index (χ2n) is 6.08. The van der Waals surface area contributed by atoms with Crippen LogP contribution in [0, 0.1) is 12.7 Å². The van der Waals surface area contributed by atoms with Gasteiger partial charge in [-0.2, -0.15) is 0 Å². The molecule has 1 fully saturated rings. The van der Waals surface area contributed by atoms with Gasteiger partial charge in [0.1, 0.15) is 17.3 Å². The van der Waals surface area contributed by atoms with E-state index in [1.54, 1.807) is 36.4 Å². The summed E-state index contributed by atoms with van der Waals surface area (Å²) in [4.78, 5) is 17.2. The van der Waals surface area contributed by atoms with Gasteiger partial charge in [0.05, 0.1) is 10.6 Å². The summed E-state index contributed by atoms with van der Waals surface area (Å²) in [6.45, 7) is 1.87. The van der Waals surface area contributed by atoms with E-state index in [2.05, 4.69) is 10.3 Å². The van der Waals surface area contributed by atoms with Crippen LogP contribution in [0.1, 0.15) is 11.3 Å². The van der Waals surface area contributed by atoms with Gasteiger partial charge in [-0.15, -0.1) is 0 Å². The minimum absolute atomic E-state index is 0.257. The molecule has 1 aliphatic rings. The van der Waals surface area contributed by atoms with Gasteiger partial charge in [-0.25, -0.2) is 9.38 Å². The molecule has 3 aromatic rings. The third-order valence-corrected chi connectivity index (χ3v) is 5.44. The lowest BCUT2D eigenvalue weighted by Gasteiger charge is -2.02. The molecule has 1 saturated heterocycles. The number of nitrogens with one attached hydrogen (secondary N) is 1. The summed E-state index contributed by atoms with van der Waals surface area (Å²) in [5.41, 5.74) is 2.17. The zero-order valence-corrected chi connectivity index (χ0v) is 16.3. The maximum Gasteiger partial charge on any atom is 0.264 e. The Morgan fingerprint density at radius 3 is 2.82 bits per heavy atom. The van der Waals surface area contributed by atoms with E-state index in [9.17, 15) is 9.18 Å². The van der Waals surface area contributed by atoms with Gasteiger partial charge in [0.15, 0.2) is 5.17 Å². The van der Waals surface area contributed by atoms with E-state index in [-0.39, 0.29) is 11.7 Å². The number of aliphatic imine (C=N–C) groups is 1. The molecule has 28 heavy (non-hydrogen) atoms. The normalized spacial score (nSPS) is 16.8. The van der Waals surface area contributed by atoms with Crippen molar-refractivity contribution in [3.63, 3.8) is 0 Å². The van der Waals surface area contributed by atoms with E-state index < -0.39 is 0 Å². The van der Waals surface area contributed by atoms with Crippen LogP contribution in [0.4, 0.5) is 10.1 Å². The first-order valence-electron chi connectivity index (χ1n) is 8.40. The van der Waals surface area contributed by atoms with Crippen molar-refractivity contribution in [3.8, 4) is 11.3 Å². The maximum absolute atomic E-state index is 13.4. The smallest absolute Gasteiger partial charge is 0.264 e. The molecule has 0 saturated carbocycles. The van der Waals surface area contributed by atoms with Crippen molar-refractivity contribution in [3.05, 3.63) is 81.7 Å². The minimum atomic E-state index is -0.336. The number of carbonyl (C=O) groups is 1. The molecule has 140 valence electrons. The van der Waals surface area contributed by atoms with Crippen molar-refractivity contribution < 1.29 is 13.6 Å². The Balaban J connectivity index is 1.57. The van der Waals surface area contributed by atoms with Crippen LogP contribution in [0.25, 0.3) is 17.4 Å². The Bertz CT molecular complexity index is 1140. The van der Waals surface area contributed by atoms with Crippen LogP contribution in [0.2, 0.25) is 5.02 Å². The highest BCUT2D eigenvalue weighted by Gasteiger charge is 2.24. The second kappa shape index (κ2) is 7.66. The van der Waals surface area contributed by atoms with Crippen LogP contribution in [0.5, 0.6) is 0 Å². The molecule has 1 aliphatic heterocycles. The second-order valence-corrected chi connectivity index (χ2v) is 7.52. The first kappa shape index (κ1) is 18.5. The average Bonchev–Trinajstić information content (AvgIpc) is 3.26. The number of amidine groups is 1. The molecule has 1 N–H and O–H groups in total. The predicted octanol–water partition coefficient (Wildman–Crippen LogP) is 5.94. The SMILES string of the molecule is Cc1c(Cl)cccc1N=C1NC(=O)/C(=C/c2ccc(-c3cccc(F)c3)o2)S1. The van der Waals surface area contributed by atoms with Gasteiger partial charge < -0.3 is 9.73 Å². The molecule has 4 nitrogen and oxygen atoms in total. The molecular weight excluding hydrogens is 399 g/mol. The number of rotatable bonds is 3. The highest BCUT2D eigenvalue weighted by molar-refractivity contribution is 8.18. The molecule has 0 atom stereocenters. The summed E-state index contributed by atoms with van der Waals surface area (Å²) in [6, 6.07) is 15.0. The van der Waals surface area contributed by atoms with Crippen molar-refractivity contribution in [1.29, 1.82) is 0 Å². The number of halogens is 2. The number of furan rings is 1. The van der Waals surface area contributed by atoms with Crippen molar-refractivity contribution in [2.45, 2.75) is 6.92 Å². The molecule has 2 aromatic carbocycles. The molecule has 1 amide bonds. The first-order valence-corrected chi connectivity index (χ1v) is 9.59. The van der Waals surface area contributed by atoms with Gasteiger partial charge in [0, 0.05) is 16.7 Å². The van der Waals surface area contributed by atoms with Gasteiger partial charge >= 0.3 is 0 Å². The third-order valence-electron chi connectivity index (χ3n) is 4.12. The van der Waals surface area contributed by atoms with E-state index in [1.807, 2.05) is 19.1 Å². The molecule has 0 radical (unpaired) electrons. The van der Waals surface area contributed by atoms with E-state index in [4.69, 9.17) is 16.0 Å². The fourth-order valence-electron chi connectivity index (χ4n) is 2.66.